The Kier molecular flexibility index (Phi) is 5.81. The topological polar surface area (TPSA) is 68.4 Å². The summed E-state index contributed by atoms with van der Waals surface area (Å²) >= 11 is 0. The van der Waals surface area contributed by atoms with Gasteiger partial charge >= 0.3 is 5.69 Å². The Morgan fingerprint density at radius 2 is 2.08 bits per heavy atom. The highest BCUT2D eigenvalue weighted by Gasteiger charge is 2.22. The van der Waals surface area contributed by atoms with Gasteiger partial charge in [0.25, 0.3) is 0 Å². The standard InChI is InChI=1S/C19H27N3O3/c1-25-17-9-3-2-7-15(17)10-12-20-11-4-5-13-22-18(23)16-8-6-14-21(16)19(22)24/h2-3,7,9,20,23H,4-6,8,10-14H2,1H3. The maximum atomic E-state index is 12.2. The van der Waals surface area contributed by atoms with Crippen molar-refractivity contribution in [1.29, 1.82) is 0 Å². The van der Waals surface area contributed by atoms with Crippen LogP contribution in [0.4, 0.5) is 0 Å². The summed E-state index contributed by atoms with van der Waals surface area (Å²) in [5.41, 5.74) is 1.95. The number of hydrogen-bond donors (Lipinski definition) is 2. The van der Waals surface area contributed by atoms with Crippen LogP contribution in [-0.2, 0) is 25.9 Å². The van der Waals surface area contributed by atoms with Gasteiger partial charge in [0.05, 0.1) is 12.8 Å². The molecule has 2 aromatic rings. The van der Waals surface area contributed by atoms with Crippen LogP contribution in [0.15, 0.2) is 29.1 Å². The summed E-state index contributed by atoms with van der Waals surface area (Å²) in [5.74, 6) is 1.10. The minimum atomic E-state index is -0.0610. The molecule has 3 rings (SSSR count). The molecule has 2 heterocycles. The van der Waals surface area contributed by atoms with E-state index in [2.05, 4.69) is 11.4 Å². The molecule has 6 heteroatoms. The predicted octanol–water partition coefficient (Wildman–Crippen LogP) is 1.92. The second-order valence-corrected chi connectivity index (χ2v) is 6.48. The average Bonchev–Trinajstić information content (AvgIpc) is 3.20. The Bertz CT molecular complexity index is 764. The highest BCUT2D eigenvalue weighted by atomic mass is 16.5. The lowest BCUT2D eigenvalue weighted by Gasteiger charge is -2.09. The number of imidazole rings is 1. The second kappa shape index (κ2) is 8.25. The molecule has 0 saturated carbocycles. The van der Waals surface area contributed by atoms with Crippen molar-refractivity contribution in [2.45, 2.75) is 45.2 Å². The Morgan fingerprint density at radius 3 is 2.88 bits per heavy atom. The van der Waals surface area contributed by atoms with Crippen LogP contribution >= 0.6 is 0 Å². The minimum Gasteiger partial charge on any atom is -0.496 e. The van der Waals surface area contributed by atoms with Gasteiger partial charge in [0, 0.05) is 13.1 Å². The number of rotatable bonds is 9. The summed E-state index contributed by atoms with van der Waals surface area (Å²) < 4.78 is 8.58. The van der Waals surface area contributed by atoms with Crippen LogP contribution in [-0.4, -0.2) is 34.4 Å². The monoisotopic (exact) mass is 345 g/mol. The third-order valence-corrected chi connectivity index (χ3v) is 4.85. The first-order valence-corrected chi connectivity index (χ1v) is 9.06. The molecule has 0 unspecified atom stereocenters. The van der Waals surface area contributed by atoms with E-state index in [1.807, 2.05) is 18.2 Å². The number of nitrogens with zero attached hydrogens (tertiary/aromatic N) is 2. The molecule has 0 aliphatic carbocycles. The lowest BCUT2D eigenvalue weighted by atomic mass is 10.1. The fourth-order valence-electron chi connectivity index (χ4n) is 3.49. The lowest BCUT2D eigenvalue weighted by Crippen LogP contribution is -2.24. The first kappa shape index (κ1) is 17.6. The number of fused-ring (bicyclic) bond motifs is 1. The molecular formula is C19H27N3O3. The molecule has 136 valence electrons. The molecule has 0 spiro atoms. The zero-order chi connectivity index (χ0) is 17.6. The fraction of sp³-hybridized carbons (Fsp3) is 0.526. The number of aromatic hydroxyl groups is 1. The van der Waals surface area contributed by atoms with Gasteiger partial charge in [0.2, 0.25) is 5.88 Å². The summed E-state index contributed by atoms with van der Waals surface area (Å²) in [6.07, 6.45) is 4.53. The van der Waals surface area contributed by atoms with E-state index >= 15 is 0 Å². The van der Waals surface area contributed by atoms with Crippen molar-refractivity contribution in [2.75, 3.05) is 20.2 Å². The van der Waals surface area contributed by atoms with Gasteiger partial charge in [-0.3, -0.25) is 9.13 Å². The fourth-order valence-corrected chi connectivity index (χ4v) is 3.49. The van der Waals surface area contributed by atoms with Crippen molar-refractivity contribution < 1.29 is 9.84 Å². The summed E-state index contributed by atoms with van der Waals surface area (Å²) in [6.45, 7) is 3.11. The van der Waals surface area contributed by atoms with E-state index < -0.39 is 0 Å². The molecule has 0 amide bonds. The van der Waals surface area contributed by atoms with Crippen LogP contribution in [0.2, 0.25) is 0 Å². The highest BCUT2D eigenvalue weighted by Crippen LogP contribution is 2.23. The molecule has 1 aromatic heterocycles. The zero-order valence-electron chi connectivity index (χ0n) is 14.8. The number of nitrogens with one attached hydrogen (secondary N) is 1. The summed E-state index contributed by atoms with van der Waals surface area (Å²) in [7, 11) is 1.70. The van der Waals surface area contributed by atoms with Crippen molar-refractivity contribution >= 4 is 0 Å². The summed E-state index contributed by atoms with van der Waals surface area (Å²) in [6, 6.07) is 8.07. The van der Waals surface area contributed by atoms with Crippen molar-refractivity contribution in [3.63, 3.8) is 0 Å². The van der Waals surface area contributed by atoms with Gasteiger partial charge in [0.15, 0.2) is 0 Å². The van der Waals surface area contributed by atoms with Gasteiger partial charge < -0.3 is 15.2 Å². The minimum absolute atomic E-state index is 0.0610. The molecule has 0 radical (unpaired) electrons. The quantitative estimate of drug-likeness (QED) is 0.682. The number of ether oxygens (including phenoxy) is 1. The van der Waals surface area contributed by atoms with E-state index in [4.69, 9.17) is 4.74 Å². The summed E-state index contributed by atoms with van der Waals surface area (Å²) in [4.78, 5) is 12.2. The van der Waals surface area contributed by atoms with Crippen molar-refractivity contribution in [3.05, 3.63) is 46.0 Å². The molecule has 0 fully saturated rings. The first-order chi connectivity index (χ1) is 12.2. The number of aromatic nitrogens is 2. The van der Waals surface area contributed by atoms with Crippen LogP contribution in [0.1, 0.15) is 30.5 Å². The molecule has 1 aliphatic rings. The third kappa shape index (κ3) is 3.90. The van der Waals surface area contributed by atoms with Crippen molar-refractivity contribution in [3.8, 4) is 11.6 Å². The van der Waals surface area contributed by atoms with E-state index in [0.717, 1.165) is 63.2 Å². The normalized spacial score (nSPS) is 13.2. The third-order valence-electron chi connectivity index (χ3n) is 4.85. The Labute approximate surface area is 148 Å². The molecular weight excluding hydrogens is 318 g/mol. The second-order valence-electron chi connectivity index (χ2n) is 6.48. The largest absolute Gasteiger partial charge is 0.496 e. The Hall–Kier alpha value is -2.21. The molecule has 25 heavy (non-hydrogen) atoms. The van der Waals surface area contributed by atoms with Gasteiger partial charge in [-0.15, -0.1) is 0 Å². The Balaban J connectivity index is 1.37. The predicted molar refractivity (Wildman–Crippen MR) is 97.5 cm³/mol. The number of para-hydroxylation sites is 1. The maximum Gasteiger partial charge on any atom is 0.331 e. The van der Waals surface area contributed by atoms with Crippen LogP contribution in [0.25, 0.3) is 0 Å². The lowest BCUT2D eigenvalue weighted by molar-refractivity contribution is 0.400. The van der Waals surface area contributed by atoms with Crippen LogP contribution in [0.3, 0.4) is 0 Å². The van der Waals surface area contributed by atoms with Crippen molar-refractivity contribution in [2.24, 2.45) is 0 Å². The van der Waals surface area contributed by atoms with Crippen molar-refractivity contribution in [1.82, 2.24) is 14.5 Å². The smallest absolute Gasteiger partial charge is 0.331 e. The number of hydrogen-bond acceptors (Lipinski definition) is 4. The van der Waals surface area contributed by atoms with E-state index in [0.29, 0.717) is 6.54 Å². The molecule has 0 atom stereocenters. The van der Waals surface area contributed by atoms with Crippen LogP contribution in [0.5, 0.6) is 11.6 Å². The van der Waals surface area contributed by atoms with Gasteiger partial charge in [-0.05, 0) is 56.8 Å². The number of methoxy groups -OCH3 is 1. The SMILES string of the molecule is COc1ccccc1CCNCCCCn1c(O)c2n(c1=O)CCC2. The zero-order valence-corrected chi connectivity index (χ0v) is 14.8. The molecule has 0 bridgehead atoms. The highest BCUT2D eigenvalue weighted by molar-refractivity contribution is 5.33. The van der Waals surface area contributed by atoms with Gasteiger partial charge in [-0.1, -0.05) is 18.2 Å². The van der Waals surface area contributed by atoms with E-state index in [1.54, 1.807) is 11.7 Å². The maximum absolute atomic E-state index is 12.2. The number of unbranched alkanes of at least 4 members (excludes halogenated alkanes) is 1. The van der Waals surface area contributed by atoms with Gasteiger partial charge in [-0.2, -0.15) is 0 Å². The first-order valence-electron chi connectivity index (χ1n) is 9.06. The summed E-state index contributed by atoms with van der Waals surface area (Å²) in [5, 5.41) is 13.6. The van der Waals surface area contributed by atoms with E-state index in [-0.39, 0.29) is 11.6 Å². The average molecular weight is 345 g/mol. The van der Waals surface area contributed by atoms with Crippen LogP contribution in [0, 0.1) is 0 Å². The van der Waals surface area contributed by atoms with E-state index in [1.165, 1.54) is 10.1 Å². The van der Waals surface area contributed by atoms with Gasteiger partial charge in [-0.25, -0.2) is 4.79 Å². The number of benzene rings is 1. The molecule has 2 N–H and O–H groups in total. The molecule has 0 saturated heterocycles. The molecule has 1 aliphatic heterocycles. The van der Waals surface area contributed by atoms with Gasteiger partial charge in [0.1, 0.15) is 5.75 Å². The van der Waals surface area contributed by atoms with Crippen LogP contribution < -0.4 is 15.7 Å². The molecule has 6 nitrogen and oxygen atoms in total. The molecule has 1 aromatic carbocycles. The Morgan fingerprint density at radius 1 is 1.24 bits per heavy atom. The van der Waals surface area contributed by atoms with E-state index in [9.17, 15) is 9.90 Å².